The molecule has 3 aromatic carbocycles. The van der Waals surface area contributed by atoms with Gasteiger partial charge >= 0.3 is 0 Å². The highest BCUT2D eigenvalue weighted by molar-refractivity contribution is 7.99. The first kappa shape index (κ1) is 22.4. The summed E-state index contributed by atoms with van der Waals surface area (Å²) >= 11 is 1.32. The fraction of sp³-hybridized carbons (Fsp3) is 0.160. The highest BCUT2D eigenvalue weighted by atomic mass is 32.2. The first-order chi connectivity index (χ1) is 16.1. The summed E-state index contributed by atoms with van der Waals surface area (Å²) in [5.74, 6) is 1.88. The maximum Gasteiger partial charge on any atom is 0.234 e. The van der Waals surface area contributed by atoms with Crippen LogP contribution in [-0.4, -0.2) is 40.6 Å². The number of hydrogen-bond donors (Lipinski definition) is 1. The van der Waals surface area contributed by atoms with Crippen LogP contribution in [0.25, 0.3) is 17.1 Å². The van der Waals surface area contributed by atoms with E-state index in [1.54, 1.807) is 32.4 Å². The van der Waals surface area contributed by atoms with Crippen molar-refractivity contribution in [2.45, 2.75) is 12.1 Å². The van der Waals surface area contributed by atoms with Crippen molar-refractivity contribution in [1.29, 1.82) is 0 Å². The van der Waals surface area contributed by atoms with E-state index < -0.39 is 0 Å². The first-order valence-electron chi connectivity index (χ1n) is 10.3. The van der Waals surface area contributed by atoms with Gasteiger partial charge in [0, 0.05) is 11.6 Å². The fourth-order valence-corrected chi connectivity index (χ4v) is 4.14. The second-order valence-electron chi connectivity index (χ2n) is 7.20. The zero-order chi connectivity index (χ0) is 23.2. The summed E-state index contributed by atoms with van der Waals surface area (Å²) in [7, 11) is 3.13. The lowest BCUT2D eigenvalue weighted by Gasteiger charge is -2.13. The number of para-hydroxylation sites is 1. The van der Waals surface area contributed by atoms with E-state index in [9.17, 15) is 4.79 Å². The molecule has 4 aromatic rings. The van der Waals surface area contributed by atoms with Crippen molar-refractivity contribution in [2.24, 2.45) is 0 Å². The molecule has 0 aliphatic rings. The third kappa shape index (κ3) is 5.01. The Kier molecular flexibility index (Phi) is 6.95. The number of methoxy groups -OCH3 is 2. The van der Waals surface area contributed by atoms with Crippen LogP contribution in [0.2, 0.25) is 0 Å². The number of carbonyl (C=O) groups excluding carboxylic acids is 1. The minimum absolute atomic E-state index is 0.152. The van der Waals surface area contributed by atoms with Gasteiger partial charge in [-0.1, -0.05) is 60.3 Å². The van der Waals surface area contributed by atoms with Gasteiger partial charge in [-0.15, -0.1) is 10.2 Å². The smallest absolute Gasteiger partial charge is 0.234 e. The molecule has 0 atom stereocenters. The predicted molar refractivity (Wildman–Crippen MR) is 130 cm³/mol. The molecule has 33 heavy (non-hydrogen) atoms. The van der Waals surface area contributed by atoms with Crippen molar-refractivity contribution >= 4 is 23.4 Å². The molecule has 1 heterocycles. The SMILES string of the molecule is COc1ccc(OC)c(NC(=O)CSc2nnc(-c3ccccc3)n2-c2ccccc2C)c1. The molecule has 0 bridgehead atoms. The van der Waals surface area contributed by atoms with Crippen molar-refractivity contribution < 1.29 is 14.3 Å². The van der Waals surface area contributed by atoms with Crippen LogP contribution in [0.15, 0.2) is 78.0 Å². The Balaban J connectivity index is 1.60. The van der Waals surface area contributed by atoms with Crippen LogP contribution in [0.3, 0.4) is 0 Å². The summed E-state index contributed by atoms with van der Waals surface area (Å²) in [6.07, 6.45) is 0. The molecule has 168 valence electrons. The molecule has 7 nitrogen and oxygen atoms in total. The Morgan fingerprint density at radius 1 is 0.970 bits per heavy atom. The van der Waals surface area contributed by atoms with Gasteiger partial charge in [0.05, 0.1) is 31.3 Å². The lowest BCUT2D eigenvalue weighted by molar-refractivity contribution is -0.113. The van der Waals surface area contributed by atoms with Gasteiger partial charge in [0.25, 0.3) is 0 Å². The van der Waals surface area contributed by atoms with Crippen LogP contribution in [0, 0.1) is 6.92 Å². The molecule has 0 radical (unpaired) electrons. The monoisotopic (exact) mass is 460 g/mol. The third-order valence-corrected chi connectivity index (χ3v) is 5.96. The number of nitrogens with zero attached hydrogens (tertiary/aromatic N) is 3. The van der Waals surface area contributed by atoms with E-state index in [0.717, 1.165) is 22.6 Å². The number of benzene rings is 3. The molecule has 0 fully saturated rings. The Morgan fingerprint density at radius 2 is 1.73 bits per heavy atom. The summed E-state index contributed by atoms with van der Waals surface area (Å²) in [5.41, 5.74) is 3.55. The highest BCUT2D eigenvalue weighted by Gasteiger charge is 2.19. The molecule has 8 heteroatoms. The number of nitrogens with one attached hydrogen (secondary N) is 1. The topological polar surface area (TPSA) is 78.3 Å². The summed E-state index contributed by atoms with van der Waals surface area (Å²) < 4.78 is 12.6. The van der Waals surface area contributed by atoms with Crippen LogP contribution in [0.5, 0.6) is 11.5 Å². The maximum absolute atomic E-state index is 12.8. The van der Waals surface area contributed by atoms with Crippen LogP contribution < -0.4 is 14.8 Å². The van der Waals surface area contributed by atoms with E-state index >= 15 is 0 Å². The second kappa shape index (κ2) is 10.2. The van der Waals surface area contributed by atoms with Gasteiger partial charge in [-0.05, 0) is 30.7 Å². The van der Waals surface area contributed by atoms with Gasteiger partial charge in [0.15, 0.2) is 11.0 Å². The average molecular weight is 461 g/mol. The molecule has 4 rings (SSSR count). The Morgan fingerprint density at radius 3 is 2.45 bits per heavy atom. The zero-order valence-electron chi connectivity index (χ0n) is 18.6. The van der Waals surface area contributed by atoms with Gasteiger partial charge in [-0.2, -0.15) is 0 Å². The van der Waals surface area contributed by atoms with Crippen molar-refractivity contribution in [3.05, 3.63) is 78.4 Å². The van der Waals surface area contributed by atoms with Crippen molar-refractivity contribution in [3.8, 4) is 28.6 Å². The molecule has 1 aromatic heterocycles. The number of hydrogen-bond acceptors (Lipinski definition) is 6. The molecular weight excluding hydrogens is 436 g/mol. The zero-order valence-corrected chi connectivity index (χ0v) is 19.4. The van der Waals surface area contributed by atoms with E-state index in [-0.39, 0.29) is 11.7 Å². The molecule has 1 amide bonds. The second-order valence-corrected chi connectivity index (χ2v) is 8.14. The Bertz CT molecular complexity index is 1260. The molecule has 0 unspecified atom stereocenters. The van der Waals surface area contributed by atoms with E-state index in [4.69, 9.17) is 9.47 Å². The lowest BCUT2D eigenvalue weighted by atomic mass is 10.1. The number of anilines is 1. The van der Waals surface area contributed by atoms with E-state index in [1.807, 2.05) is 66.1 Å². The number of aryl methyl sites for hydroxylation is 1. The van der Waals surface area contributed by atoms with Gasteiger partial charge in [-0.3, -0.25) is 9.36 Å². The van der Waals surface area contributed by atoms with E-state index in [0.29, 0.717) is 22.3 Å². The van der Waals surface area contributed by atoms with Gasteiger partial charge in [0.1, 0.15) is 11.5 Å². The standard InChI is InChI=1S/C25H24N4O3S/c1-17-9-7-8-12-21(17)29-24(18-10-5-4-6-11-18)27-28-25(29)33-16-23(30)26-20-15-19(31-2)13-14-22(20)32-3/h4-15H,16H2,1-3H3,(H,26,30). The van der Waals surface area contributed by atoms with Gasteiger partial charge < -0.3 is 14.8 Å². The number of carbonyl (C=O) groups is 1. The number of rotatable bonds is 8. The number of thioether (sulfide) groups is 1. The van der Waals surface area contributed by atoms with Crippen molar-refractivity contribution in [1.82, 2.24) is 14.8 Å². The largest absolute Gasteiger partial charge is 0.497 e. The molecule has 1 N–H and O–H groups in total. The van der Waals surface area contributed by atoms with Crippen LogP contribution >= 0.6 is 11.8 Å². The van der Waals surface area contributed by atoms with Crippen LogP contribution in [-0.2, 0) is 4.79 Å². The molecule has 0 spiro atoms. The van der Waals surface area contributed by atoms with Crippen LogP contribution in [0.1, 0.15) is 5.56 Å². The minimum Gasteiger partial charge on any atom is -0.497 e. The summed E-state index contributed by atoms with van der Waals surface area (Å²) in [4.78, 5) is 12.8. The minimum atomic E-state index is -0.188. The van der Waals surface area contributed by atoms with Gasteiger partial charge in [-0.25, -0.2) is 0 Å². The average Bonchev–Trinajstić information content (AvgIpc) is 3.27. The highest BCUT2D eigenvalue weighted by Crippen LogP contribution is 2.31. The maximum atomic E-state index is 12.8. The van der Waals surface area contributed by atoms with Crippen molar-refractivity contribution in [3.63, 3.8) is 0 Å². The summed E-state index contributed by atoms with van der Waals surface area (Å²) in [6.45, 7) is 2.04. The van der Waals surface area contributed by atoms with E-state index in [2.05, 4.69) is 15.5 Å². The lowest BCUT2D eigenvalue weighted by Crippen LogP contribution is -2.15. The molecule has 0 aliphatic heterocycles. The normalized spacial score (nSPS) is 10.6. The van der Waals surface area contributed by atoms with Crippen LogP contribution in [0.4, 0.5) is 5.69 Å². The fourth-order valence-electron chi connectivity index (χ4n) is 3.40. The first-order valence-corrected chi connectivity index (χ1v) is 11.3. The molecule has 0 saturated carbocycles. The summed E-state index contributed by atoms with van der Waals surface area (Å²) in [5, 5.41) is 12.4. The van der Waals surface area contributed by atoms with E-state index in [1.165, 1.54) is 11.8 Å². The quantitative estimate of drug-likeness (QED) is 0.373. The van der Waals surface area contributed by atoms with Crippen molar-refractivity contribution in [2.75, 3.05) is 25.3 Å². The number of ether oxygens (including phenoxy) is 2. The molecular formula is C25H24N4O3S. The molecule has 0 saturated heterocycles. The number of amides is 1. The Labute approximate surface area is 196 Å². The predicted octanol–water partition coefficient (Wildman–Crippen LogP) is 4.99. The van der Waals surface area contributed by atoms with Gasteiger partial charge in [0.2, 0.25) is 5.91 Å². The third-order valence-electron chi connectivity index (χ3n) is 5.03. The summed E-state index contributed by atoms with van der Waals surface area (Å²) in [6, 6.07) is 23.2. The Hall–Kier alpha value is -3.78. The number of aromatic nitrogens is 3. The molecule has 0 aliphatic carbocycles.